The van der Waals surface area contributed by atoms with Gasteiger partial charge in [-0.15, -0.1) is 5.10 Å². The zero-order valence-electron chi connectivity index (χ0n) is 34.5. The topological polar surface area (TPSA) is 199 Å². The molecule has 16 nitrogen and oxygen atoms in total. The minimum atomic E-state index is -3.20. The van der Waals surface area contributed by atoms with Gasteiger partial charge in [0.05, 0.1) is 33.2 Å². The predicted molar refractivity (Wildman–Crippen MR) is 211 cm³/mol. The molecular formula is C37H66F2N6O10S. The Morgan fingerprint density at radius 2 is 1.52 bits per heavy atom. The third-order valence-corrected chi connectivity index (χ3v) is 9.41. The van der Waals surface area contributed by atoms with E-state index >= 15 is 0 Å². The SMILES string of the molecule is CC(F)(F)C1=NN=NC1.CC1(C(=O)CS(C)(=O)=O)CCOCC1.CC1(OC=O)CCOCC1.CN1CCOCC1.CNCCc1ccc(O)cc1.CNCOC. The molecule has 0 aliphatic carbocycles. The number of alkyl halides is 2. The number of morpholine rings is 1. The molecule has 4 aliphatic rings. The van der Waals surface area contributed by atoms with Crippen molar-refractivity contribution in [1.29, 1.82) is 0 Å². The number of aromatic hydroxyl groups is 1. The smallest absolute Gasteiger partial charge is 0.293 e. The summed E-state index contributed by atoms with van der Waals surface area (Å²) >= 11 is 0. The van der Waals surface area contributed by atoms with Crippen LogP contribution < -0.4 is 10.6 Å². The Labute approximate surface area is 332 Å². The highest BCUT2D eigenvalue weighted by molar-refractivity contribution is 7.91. The summed E-state index contributed by atoms with van der Waals surface area (Å²) in [4.78, 5) is 24.0. The molecule has 56 heavy (non-hydrogen) atoms. The number of sulfone groups is 1. The first-order chi connectivity index (χ1) is 26.3. The summed E-state index contributed by atoms with van der Waals surface area (Å²) in [6.45, 7) is 13.1. The molecular weight excluding hydrogens is 759 g/mol. The van der Waals surface area contributed by atoms with Crippen molar-refractivity contribution in [2.75, 3.05) is 113 Å². The van der Waals surface area contributed by atoms with Gasteiger partial charge in [0.15, 0.2) is 15.6 Å². The molecule has 3 saturated heterocycles. The second-order valence-electron chi connectivity index (χ2n) is 14.0. The first-order valence-corrected chi connectivity index (χ1v) is 20.5. The summed E-state index contributed by atoms with van der Waals surface area (Å²) in [5.41, 5.74) is 0.223. The molecule has 0 spiro atoms. The normalized spacial score (nSPS) is 18.5. The lowest BCUT2D eigenvalue weighted by molar-refractivity contribution is -0.150. The maximum absolute atomic E-state index is 12.2. The van der Waals surface area contributed by atoms with Crippen LogP contribution in [0.15, 0.2) is 39.7 Å². The molecule has 4 aliphatic heterocycles. The molecule has 0 atom stereocenters. The Morgan fingerprint density at radius 3 is 1.88 bits per heavy atom. The summed E-state index contributed by atoms with van der Waals surface area (Å²) in [5.74, 6) is -3.05. The van der Waals surface area contributed by atoms with Gasteiger partial charge in [-0.1, -0.05) is 19.1 Å². The Bertz CT molecular complexity index is 1360. The second-order valence-corrected chi connectivity index (χ2v) is 16.1. The van der Waals surface area contributed by atoms with Crippen LogP contribution >= 0.6 is 0 Å². The number of benzene rings is 1. The fraction of sp³-hybridized carbons (Fsp3) is 0.757. The van der Waals surface area contributed by atoms with Gasteiger partial charge in [0.2, 0.25) is 0 Å². The number of Topliss-reactive ketones (excluding diaryl/α,β-unsaturated/α-hetero) is 1. The second kappa shape index (κ2) is 29.2. The van der Waals surface area contributed by atoms with Crippen molar-refractivity contribution < 1.29 is 55.6 Å². The minimum absolute atomic E-state index is 0.0660. The fourth-order valence-electron chi connectivity index (χ4n) is 4.72. The van der Waals surface area contributed by atoms with E-state index in [1.165, 1.54) is 5.56 Å². The molecule has 3 N–H and O–H groups in total. The predicted octanol–water partition coefficient (Wildman–Crippen LogP) is 3.52. The van der Waals surface area contributed by atoms with Crippen molar-refractivity contribution in [1.82, 2.24) is 15.5 Å². The van der Waals surface area contributed by atoms with E-state index in [1.54, 1.807) is 19.2 Å². The highest BCUT2D eigenvalue weighted by atomic mass is 32.2. The number of rotatable bonds is 11. The number of nitrogens with zero attached hydrogens (tertiary/aromatic N) is 4. The van der Waals surface area contributed by atoms with Crippen LogP contribution in [0.2, 0.25) is 0 Å². The van der Waals surface area contributed by atoms with Crippen LogP contribution in [0.4, 0.5) is 8.78 Å². The number of hydrogen-bond acceptors (Lipinski definition) is 16. The summed E-state index contributed by atoms with van der Waals surface area (Å²) < 4.78 is 71.1. The summed E-state index contributed by atoms with van der Waals surface area (Å²) in [6.07, 6.45) is 4.98. The van der Waals surface area contributed by atoms with Crippen LogP contribution in [0, 0.1) is 5.41 Å². The van der Waals surface area contributed by atoms with Crippen LogP contribution in [0.25, 0.3) is 0 Å². The molecule has 1 aromatic carbocycles. The van der Waals surface area contributed by atoms with Crippen LogP contribution in [-0.4, -0.2) is 161 Å². The van der Waals surface area contributed by atoms with E-state index < -0.39 is 21.2 Å². The Kier molecular flexibility index (Phi) is 27.6. The summed E-state index contributed by atoms with van der Waals surface area (Å²) in [7, 11) is 4.33. The standard InChI is InChI=1S/C9H13NO.C9H16O4S.C7H12O3.C5H11NO.C4H5F2N3.C3H9NO/c1-10-7-6-8-2-4-9(11)5-3-8;1-9(3-5-13-6-4-9)8(10)7-14(2,11)12;1-7(10-6-8)2-4-9-5-3-7;1-6-2-4-7-5-3-6;1-4(5,6)3-2-7-9-8-3;1-4-3-5-2/h2-5,10-11H,6-7H2,1H3;3-7H2,1-2H3;6H,2-5H2,1H3;2-5H2,1H3;2H2,1H3;4H,3H2,1-2H3. The van der Waals surface area contributed by atoms with E-state index in [4.69, 9.17) is 24.1 Å². The number of halogens is 2. The van der Waals surface area contributed by atoms with Crippen molar-refractivity contribution in [2.45, 2.75) is 64.4 Å². The van der Waals surface area contributed by atoms with Gasteiger partial charge in [-0.25, -0.2) is 17.2 Å². The van der Waals surface area contributed by atoms with E-state index in [0.717, 1.165) is 65.3 Å². The van der Waals surface area contributed by atoms with Crippen LogP contribution in [0.3, 0.4) is 0 Å². The lowest BCUT2D eigenvalue weighted by atomic mass is 9.79. The molecule has 324 valence electrons. The number of methoxy groups -OCH3 is 1. The van der Waals surface area contributed by atoms with Gasteiger partial charge in [0.25, 0.3) is 12.4 Å². The average molecular weight is 825 g/mol. The van der Waals surface area contributed by atoms with Crippen LogP contribution in [0.5, 0.6) is 5.75 Å². The molecule has 4 heterocycles. The van der Waals surface area contributed by atoms with Gasteiger partial charge in [-0.05, 0) is 76.8 Å². The number of phenols is 1. The maximum atomic E-state index is 12.2. The van der Waals surface area contributed by atoms with Gasteiger partial charge >= 0.3 is 0 Å². The zero-order valence-corrected chi connectivity index (χ0v) is 35.3. The van der Waals surface area contributed by atoms with E-state index in [2.05, 4.69) is 42.8 Å². The number of phenolic OH excluding ortho intramolecular Hbond substituents is 1. The van der Waals surface area contributed by atoms with Crippen LogP contribution in [0.1, 0.15) is 52.0 Å². The molecule has 0 radical (unpaired) electrons. The first-order valence-electron chi connectivity index (χ1n) is 18.5. The Morgan fingerprint density at radius 1 is 0.982 bits per heavy atom. The van der Waals surface area contributed by atoms with E-state index in [-0.39, 0.29) is 29.4 Å². The number of hydrogen-bond donors (Lipinski definition) is 3. The number of nitrogens with one attached hydrogen (secondary N) is 2. The molecule has 19 heteroatoms. The van der Waals surface area contributed by atoms with E-state index in [0.29, 0.717) is 58.2 Å². The number of carbonyl (C=O) groups is 2. The third-order valence-electron chi connectivity index (χ3n) is 8.63. The Hall–Kier alpha value is -3.04. The molecule has 1 aromatic rings. The van der Waals surface area contributed by atoms with Crippen molar-refractivity contribution in [3.05, 3.63) is 29.8 Å². The highest BCUT2D eigenvalue weighted by Crippen LogP contribution is 2.31. The molecule has 0 saturated carbocycles. The highest BCUT2D eigenvalue weighted by Gasteiger charge is 2.36. The minimum Gasteiger partial charge on any atom is -0.508 e. The molecule has 0 bridgehead atoms. The van der Waals surface area contributed by atoms with E-state index in [1.807, 2.05) is 40.1 Å². The maximum Gasteiger partial charge on any atom is 0.293 e. The van der Waals surface area contributed by atoms with Crippen molar-refractivity contribution in [3.8, 4) is 5.75 Å². The van der Waals surface area contributed by atoms with Crippen molar-refractivity contribution in [3.63, 3.8) is 0 Å². The third kappa shape index (κ3) is 26.7. The van der Waals surface area contributed by atoms with Crippen molar-refractivity contribution in [2.24, 2.45) is 20.9 Å². The monoisotopic (exact) mass is 824 g/mol. The quantitative estimate of drug-likeness (QED) is 0.217. The largest absolute Gasteiger partial charge is 0.508 e. The lowest BCUT2D eigenvalue weighted by Crippen LogP contribution is -2.37. The van der Waals surface area contributed by atoms with E-state index in [9.17, 15) is 26.8 Å². The molecule has 0 unspecified atom stereocenters. The molecule has 0 amide bonds. The zero-order chi connectivity index (χ0) is 42.5. The van der Waals surface area contributed by atoms with Gasteiger partial charge in [0, 0.05) is 64.8 Å². The van der Waals surface area contributed by atoms with Gasteiger partial charge < -0.3 is 39.0 Å². The van der Waals surface area contributed by atoms with Crippen LogP contribution in [-0.2, 0) is 49.5 Å². The summed E-state index contributed by atoms with van der Waals surface area (Å²) in [6, 6.07) is 7.30. The van der Waals surface area contributed by atoms with Gasteiger partial charge in [-0.2, -0.15) is 5.11 Å². The Balaban J connectivity index is 0.000000664. The molecule has 0 aromatic heterocycles. The summed E-state index contributed by atoms with van der Waals surface area (Å²) in [5, 5.41) is 24.3. The fourth-order valence-corrected chi connectivity index (χ4v) is 5.55. The molecule has 5 rings (SSSR count). The number of likely N-dealkylation sites (N-methyl/N-ethyl adjacent to an activating group) is 2. The van der Waals surface area contributed by atoms with Crippen molar-refractivity contribution >= 4 is 27.8 Å². The molecule has 3 fully saturated rings. The number of ether oxygens (including phenoxy) is 5. The van der Waals surface area contributed by atoms with Gasteiger partial charge in [0.1, 0.15) is 29.4 Å². The lowest BCUT2D eigenvalue weighted by Gasteiger charge is -2.31. The average Bonchev–Trinajstić information content (AvgIpc) is 3.70. The first kappa shape index (κ1) is 53.0. The number of carbonyl (C=O) groups excluding carboxylic acids is 2. The number of ketones is 1. The van der Waals surface area contributed by atoms with Gasteiger partial charge in [-0.3, -0.25) is 14.9 Å².